The molecule has 4 rings (SSSR count). The van der Waals surface area contributed by atoms with Gasteiger partial charge in [0, 0.05) is 25.0 Å². The minimum Gasteiger partial charge on any atom is -0.339 e. The van der Waals surface area contributed by atoms with Gasteiger partial charge in [-0.1, -0.05) is 6.07 Å². The highest BCUT2D eigenvalue weighted by molar-refractivity contribution is 6.04. The number of nitrogens with zero attached hydrogens (tertiary/aromatic N) is 3. The second-order valence-electron chi connectivity index (χ2n) is 7.85. The SMILES string of the molecule is O=C(Nc1ccc(F)cc1)c1ccc(N2CCCN(C(=O)c3c(F)cccc3C(F)(F)F)C2)nc1. The fourth-order valence-corrected chi connectivity index (χ4v) is 3.73. The van der Waals surface area contributed by atoms with Crippen molar-refractivity contribution in [3.63, 3.8) is 0 Å². The summed E-state index contributed by atoms with van der Waals surface area (Å²) in [7, 11) is 0. The summed E-state index contributed by atoms with van der Waals surface area (Å²) in [6.07, 6.45) is -3.14. The molecular weight excluding hydrogens is 471 g/mol. The lowest BCUT2D eigenvalue weighted by atomic mass is 10.0. The van der Waals surface area contributed by atoms with Crippen LogP contribution in [0.1, 0.15) is 32.7 Å². The Labute approximate surface area is 197 Å². The van der Waals surface area contributed by atoms with Crippen molar-refractivity contribution < 1.29 is 31.5 Å². The van der Waals surface area contributed by atoms with Crippen LogP contribution in [0.25, 0.3) is 0 Å². The molecule has 1 fully saturated rings. The zero-order valence-electron chi connectivity index (χ0n) is 18.1. The zero-order chi connectivity index (χ0) is 25.2. The van der Waals surface area contributed by atoms with Gasteiger partial charge < -0.3 is 15.1 Å². The average Bonchev–Trinajstić information content (AvgIpc) is 2.84. The molecule has 182 valence electrons. The number of benzene rings is 2. The number of hydrogen-bond acceptors (Lipinski definition) is 4. The number of anilines is 2. The number of pyridine rings is 1. The lowest BCUT2D eigenvalue weighted by Gasteiger charge is -2.36. The number of nitrogens with one attached hydrogen (secondary N) is 1. The Balaban J connectivity index is 1.47. The van der Waals surface area contributed by atoms with E-state index >= 15 is 0 Å². The highest BCUT2D eigenvalue weighted by Crippen LogP contribution is 2.34. The number of carbonyl (C=O) groups excluding carboxylic acids is 2. The Morgan fingerprint density at radius 2 is 1.69 bits per heavy atom. The topological polar surface area (TPSA) is 65.5 Å². The maximum atomic E-state index is 14.3. The van der Waals surface area contributed by atoms with Gasteiger partial charge in [0.2, 0.25) is 0 Å². The molecular formula is C24H19F5N4O2. The lowest BCUT2D eigenvalue weighted by Crippen LogP contribution is -2.48. The molecule has 1 aromatic heterocycles. The van der Waals surface area contributed by atoms with E-state index < -0.39 is 40.8 Å². The summed E-state index contributed by atoms with van der Waals surface area (Å²) in [5, 5.41) is 2.61. The molecule has 1 N–H and O–H groups in total. The fourth-order valence-electron chi connectivity index (χ4n) is 3.73. The van der Waals surface area contributed by atoms with Crippen LogP contribution < -0.4 is 10.2 Å². The number of halogens is 5. The lowest BCUT2D eigenvalue weighted by molar-refractivity contribution is -0.138. The van der Waals surface area contributed by atoms with E-state index in [0.29, 0.717) is 30.5 Å². The van der Waals surface area contributed by atoms with Crippen molar-refractivity contribution in [3.05, 3.63) is 89.1 Å². The minimum atomic E-state index is -4.88. The van der Waals surface area contributed by atoms with Crippen molar-refractivity contribution in [2.45, 2.75) is 12.6 Å². The standard InChI is InChI=1S/C24H19F5N4O2/c25-16-6-8-17(9-7-16)31-22(34)15-5-10-20(30-13-15)32-11-2-12-33(14-32)23(35)21-18(24(27,28)29)3-1-4-19(21)26/h1,3-10,13H,2,11-12,14H2,(H,31,34). The van der Waals surface area contributed by atoms with Crippen LogP contribution in [0.3, 0.4) is 0 Å². The molecule has 2 aromatic carbocycles. The van der Waals surface area contributed by atoms with Gasteiger partial charge in [0.05, 0.1) is 23.4 Å². The van der Waals surface area contributed by atoms with Gasteiger partial charge in [-0.05, 0) is 55.0 Å². The van der Waals surface area contributed by atoms with Gasteiger partial charge in [-0.2, -0.15) is 13.2 Å². The van der Waals surface area contributed by atoms with Crippen molar-refractivity contribution >= 4 is 23.3 Å². The Bertz CT molecular complexity index is 1230. The molecule has 0 atom stereocenters. The molecule has 0 bridgehead atoms. The minimum absolute atomic E-state index is 0.0986. The predicted molar refractivity (Wildman–Crippen MR) is 118 cm³/mol. The summed E-state index contributed by atoms with van der Waals surface area (Å²) in [5.74, 6) is -2.81. The maximum Gasteiger partial charge on any atom is 0.417 e. The van der Waals surface area contributed by atoms with Crippen LogP contribution in [0.4, 0.5) is 33.5 Å². The molecule has 35 heavy (non-hydrogen) atoms. The Kier molecular flexibility index (Phi) is 6.68. The van der Waals surface area contributed by atoms with Crippen LogP contribution in [0.2, 0.25) is 0 Å². The Hall–Kier alpha value is -4.02. The molecule has 2 heterocycles. The molecule has 6 nitrogen and oxygen atoms in total. The van der Waals surface area contributed by atoms with Crippen molar-refractivity contribution in [2.24, 2.45) is 0 Å². The molecule has 2 amide bonds. The average molecular weight is 490 g/mol. The maximum absolute atomic E-state index is 14.3. The van der Waals surface area contributed by atoms with Gasteiger partial charge >= 0.3 is 6.18 Å². The molecule has 1 aliphatic rings. The monoisotopic (exact) mass is 490 g/mol. The smallest absolute Gasteiger partial charge is 0.339 e. The predicted octanol–water partition coefficient (Wildman–Crippen LogP) is 4.94. The number of alkyl halides is 3. The van der Waals surface area contributed by atoms with Gasteiger partial charge in [0.25, 0.3) is 11.8 Å². The van der Waals surface area contributed by atoms with Crippen molar-refractivity contribution in [1.29, 1.82) is 0 Å². The first-order chi connectivity index (χ1) is 16.6. The van der Waals surface area contributed by atoms with Crippen LogP contribution in [0.15, 0.2) is 60.8 Å². The van der Waals surface area contributed by atoms with Crippen LogP contribution in [-0.4, -0.2) is 41.5 Å². The molecule has 0 aliphatic carbocycles. The zero-order valence-corrected chi connectivity index (χ0v) is 18.1. The van der Waals surface area contributed by atoms with E-state index in [-0.39, 0.29) is 18.8 Å². The van der Waals surface area contributed by atoms with Crippen molar-refractivity contribution in [2.75, 3.05) is 30.0 Å². The molecule has 1 aliphatic heterocycles. The molecule has 0 saturated carbocycles. The van der Waals surface area contributed by atoms with E-state index in [1.165, 1.54) is 42.6 Å². The normalized spacial score (nSPS) is 14.1. The third-order valence-electron chi connectivity index (χ3n) is 5.45. The number of hydrogen-bond donors (Lipinski definition) is 1. The molecule has 11 heteroatoms. The van der Waals surface area contributed by atoms with E-state index in [1.54, 1.807) is 4.90 Å². The summed E-state index contributed by atoms with van der Waals surface area (Å²) in [4.78, 5) is 32.3. The van der Waals surface area contributed by atoms with E-state index in [0.717, 1.165) is 17.0 Å². The van der Waals surface area contributed by atoms with Crippen LogP contribution >= 0.6 is 0 Å². The molecule has 0 spiro atoms. The summed E-state index contributed by atoms with van der Waals surface area (Å²) in [6, 6.07) is 10.7. The van der Waals surface area contributed by atoms with Crippen LogP contribution in [-0.2, 0) is 6.18 Å². The van der Waals surface area contributed by atoms with Gasteiger partial charge in [0.1, 0.15) is 17.5 Å². The van der Waals surface area contributed by atoms with E-state index in [4.69, 9.17) is 0 Å². The molecule has 0 radical (unpaired) electrons. The fraction of sp³-hybridized carbons (Fsp3) is 0.208. The molecule has 3 aromatic rings. The first-order valence-corrected chi connectivity index (χ1v) is 10.6. The second-order valence-corrected chi connectivity index (χ2v) is 7.85. The van der Waals surface area contributed by atoms with Crippen molar-refractivity contribution in [3.8, 4) is 0 Å². The first kappa shape index (κ1) is 24.1. The number of carbonyl (C=O) groups is 2. The van der Waals surface area contributed by atoms with E-state index in [1.807, 2.05) is 0 Å². The highest BCUT2D eigenvalue weighted by atomic mass is 19.4. The Morgan fingerprint density at radius 3 is 2.34 bits per heavy atom. The Morgan fingerprint density at radius 1 is 0.943 bits per heavy atom. The van der Waals surface area contributed by atoms with E-state index in [9.17, 15) is 31.5 Å². The van der Waals surface area contributed by atoms with Gasteiger partial charge in [-0.25, -0.2) is 13.8 Å². The van der Waals surface area contributed by atoms with Gasteiger partial charge in [0.15, 0.2) is 0 Å². The summed E-state index contributed by atoms with van der Waals surface area (Å²) in [6.45, 7) is 0.513. The van der Waals surface area contributed by atoms with Gasteiger partial charge in [-0.3, -0.25) is 9.59 Å². The second kappa shape index (κ2) is 9.69. The van der Waals surface area contributed by atoms with Gasteiger partial charge in [-0.15, -0.1) is 0 Å². The third kappa shape index (κ3) is 5.39. The largest absolute Gasteiger partial charge is 0.417 e. The first-order valence-electron chi connectivity index (χ1n) is 10.6. The number of rotatable bonds is 4. The van der Waals surface area contributed by atoms with Crippen LogP contribution in [0, 0.1) is 11.6 Å². The number of aromatic nitrogens is 1. The molecule has 1 saturated heterocycles. The van der Waals surface area contributed by atoms with E-state index in [2.05, 4.69) is 10.3 Å². The molecule has 0 unspecified atom stereocenters. The van der Waals surface area contributed by atoms with Crippen molar-refractivity contribution in [1.82, 2.24) is 9.88 Å². The quantitative estimate of drug-likeness (QED) is 0.527. The third-order valence-corrected chi connectivity index (χ3v) is 5.45. The van der Waals surface area contributed by atoms with Crippen LogP contribution in [0.5, 0.6) is 0 Å². The number of amides is 2. The highest BCUT2D eigenvalue weighted by Gasteiger charge is 2.38. The summed E-state index contributed by atoms with van der Waals surface area (Å²) in [5.41, 5.74) is -1.71. The summed E-state index contributed by atoms with van der Waals surface area (Å²) >= 11 is 0. The summed E-state index contributed by atoms with van der Waals surface area (Å²) < 4.78 is 67.3.